The number of para-hydroxylation sites is 1. The predicted octanol–water partition coefficient (Wildman–Crippen LogP) is 3.30. The van der Waals surface area contributed by atoms with Crippen LogP contribution >= 0.6 is 27.7 Å². The lowest BCUT2D eigenvalue weighted by molar-refractivity contribution is -0.117. The zero-order chi connectivity index (χ0) is 20.6. The SMILES string of the molecule is COc1ccccc1CC(=O)N=C1SC2CS(=O)(=O)CC2N1c1ccc(Br)cc1. The minimum Gasteiger partial charge on any atom is -0.496 e. The molecule has 2 aliphatic heterocycles. The topological polar surface area (TPSA) is 76.0 Å². The number of fused-ring (bicyclic) bond motifs is 1. The van der Waals surface area contributed by atoms with Crippen LogP contribution in [0.2, 0.25) is 0 Å². The fraction of sp³-hybridized carbons (Fsp3) is 0.300. The molecule has 2 saturated heterocycles. The first-order chi connectivity index (χ1) is 13.9. The van der Waals surface area contributed by atoms with Crippen LogP contribution in [0.25, 0.3) is 0 Å². The van der Waals surface area contributed by atoms with Gasteiger partial charge in [-0.15, -0.1) is 0 Å². The molecule has 2 aromatic carbocycles. The zero-order valence-corrected chi connectivity index (χ0v) is 18.8. The standard InChI is InChI=1S/C20H19BrN2O4S2/c1-27-17-5-3-2-4-13(17)10-19(24)22-20-23(15-8-6-14(21)7-9-15)16-11-29(25,26)12-18(16)28-20/h2-9,16,18H,10-12H2,1H3. The molecule has 152 valence electrons. The van der Waals surface area contributed by atoms with Gasteiger partial charge in [0.15, 0.2) is 15.0 Å². The quantitative estimate of drug-likeness (QED) is 0.648. The van der Waals surface area contributed by atoms with Gasteiger partial charge in [-0.3, -0.25) is 4.79 Å². The van der Waals surface area contributed by atoms with E-state index in [9.17, 15) is 13.2 Å². The van der Waals surface area contributed by atoms with E-state index in [1.54, 1.807) is 7.11 Å². The van der Waals surface area contributed by atoms with Crippen LogP contribution in [0.15, 0.2) is 58.0 Å². The molecule has 2 aliphatic rings. The largest absolute Gasteiger partial charge is 0.496 e. The highest BCUT2D eigenvalue weighted by molar-refractivity contribution is 9.10. The number of thioether (sulfide) groups is 1. The summed E-state index contributed by atoms with van der Waals surface area (Å²) in [5.74, 6) is 0.532. The number of ether oxygens (including phenoxy) is 1. The highest BCUT2D eigenvalue weighted by Crippen LogP contribution is 2.41. The number of hydrogen-bond donors (Lipinski definition) is 0. The monoisotopic (exact) mass is 494 g/mol. The van der Waals surface area contributed by atoms with Crippen LogP contribution < -0.4 is 9.64 Å². The van der Waals surface area contributed by atoms with E-state index in [-0.39, 0.29) is 35.1 Å². The number of sulfone groups is 1. The molecular formula is C20H19BrN2O4S2. The highest BCUT2D eigenvalue weighted by atomic mass is 79.9. The van der Waals surface area contributed by atoms with Gasteiger partial charge < -0.3 is 9.64 Å². The zero-order valence-electron chi connectivity index (χ0n) is 15.6. The number of aliphatic imine (C=N–C) groups is 1. The Morgan fingerprint density at radius 1 is 1.21 bits per heavy atom. The van der Waals surface area contributed by atoms with Crippen LogP contribution in [0.1, 0.15) is 5.56 Å². The highest BCUT2D eigenvalue weighted by Gasteiger charge is 2.49. The maximum absolute atomic E-state index is 12.7. The Labute approximate surface area is 182 Å². The third kappa shape index (κ3) is 4.36. The Kier molecular flexibility index (Phi) is 5.72. The summed E-state index contributed by atoms with van der Waals surface area (Å²) in [5, 5.41) is 0.429. The number of halogens is 1. The van der Waals surface area contributed by atoms with Crippen LogP contribution in [0.5, 0.6) is 5.75 Å². The molecule has 0 radical (unpaired) electrons. The predicted molar refractivity (Wildman–Crippen MR) is 120 cm³/mol. The number of methoxy groups -OCH3 is 1. The molecule has 2 aromatic rings. The molecule has 2 unspecified atom stereocenters. The van der Waals surface area contributed by atoms with Gasteiger partial charge in [0.2, 0.25) is 0 Å². The van der Waals surface area contributed by atoms with Crippen molar-refractivity contribution >= 4 is 54.3 Å². The molecule has 0 aromatic heterocycles. The molecule has 9 heteroatoms. The van der Waals surface area contributed by atoms with Gasteiger partial charge in [0.25, 0.3) is 5.91 Å². The number of anilines is 1. The first-order valence-corrected chi connectivity index (χ1v) is 12.5. The van der Waals surface area contributed by atoms with Crippen molar-refractivity contribution in [2.75, 3.05) is 23.5 Å². The number of benzene rings is 2. The van der Waals surface area contributed by atoms with Gasteiger partial charge in [-0.25, -0.2) is 8.42 Å². The van der Waals surface area contributed by atoms with Crippen molar-refractivity contribution in [2.45, 2.75) is 17.7 Å². The molecule has 0 bridgehead atoms. The third-order valence-electron chi connectivity index (χ3n) is 4.93. The second-order valence-electron chi connectivity index (χ2n) is 6.92. The maximum Gasteiger partial charge on any atom is 0.252 e. The van der Waals surface area contributed by atoms with E-state index in [4.69, 9.17) is 4.74 Å². The summed E-state index contributed by atoms with van der Waals surface area (Å²) < 4.78 is 30.5. The third-order valence-corrected chi connectivity index (χ3v) is 8.66. The minimum atomic E-state index is -3.09. The summed E-state index contributed by atoms with van der Waals surface area (Å²) in [5.41, 5.74) is 1.60. The van der Waals surface area contributed by atoms with Gasteiger partial charge >= 0.3 is 0 Å². The minimum absolute atomic E-state index is 0.0699. The van der Waals surface area contributed by atoms with E-state index >= 15 is 0 Å². The Bertz CT molecular complexity index is 1070. The molecule has 0 spiro atoms. The number of amides is 1. The average Bonchev–Trinajstić information content (AvgIpc) is 3.13. The molecule has 2 atom stereocenters. The summed E-state index contributed by atoms with van der Waals surface area (Å²) in [6, 6.07) is 14.7. The van der Waals surface area contributed by atoms with Gasteiger partial charge in [-0.1, -0.05) is 45.9 Å². The van der Waals surface area contributed by atoms with E-state index in [2.05, 4.69) is 20.9 Å². The van der Waals surface area contributed by atoms with E-state index in [0.29, 0.717) is 10.9 Å². The molecule has 0 aliphatic carbocycles. The summed E-state index contributed by atoms with van der Waals surface area (Å²) in [6.07, 6.45) is 0.121. The Morgan fingerprint density at radius 3 is 2.66 bits per heavy atom. The lowest BCUT2D eigenvalue weighted by Gasteiger charge is -2.24. The van der Waals surface area contributed by atoms with Crippen molar-refractivity contribution in [3.05, 3.63) is 58.6 Å². The second kappa shape index (κ2) is 8.12. The molecule has 0 saturated carbocycles. The number of hydrogen-bond acceptors (Lipinski definition) is 5. The first kappa shape index (κ1) is 20.4. The lowest BCUT2D eigenvalue weighted by atomic mass is 10.1. The summed E-state index contributed by atoms with van der Waals surface area (Å²) in [7, 11) is -1.52. The van der Waals surface area contributed by atoms with Crippen LogP contribution in [0.4, 0.5) is 5.69 Å². The van der Waals surface area contributed by atoms with E-state index < -0.39 is 9.84 Å². The normalized spacial score (nSPS) is 23.9. The number of carbonyl (C=O) groups excluding carboxylic acids is 1. The van der Waals surface area contributed by atoms with Crippen LogP contribution in [-0.2, 0) is 21.1 Å². The van der Waals surface area contributed by atoms with Gasteiger partial charge in [-0.05, 0) is 30.3 Å². The van der Waals surface area contributed by atoms with Gasteiger partial charge in [-0.2, -0.15) is 4.99 Å². The fourth-order valence-corrected chi connectivity index (χ4v) is 7.82. The molecule has 2 heterocycles. The second-order valence-corrected chi connectivity index (χ2v) is 11.2. The van der Waals surface area contributed by atoms with Crippen LogP contribution in [-0.4, -0.2) is 49.4 Å². The van der Waals surface area contributed by atoms with Crippen molar-refractivity contribution in [2.24, 2.45) is 4.99 Å². The van der Waals surface area contributed by atoms with Crippen molar-refractivity contribution < 1.29 is 17.9 Å². The van der Waals surface area contributed by atoms with E-state index in [1.165, 1.54) is 11.8 Å². The lowest BCUT2D eigenvalue weighted by Crippen LogP contribution is -2.37. The van der Waals surface area contributed by atoms with Crippen LogP contribution in [0, 0.1) is 0 Å². The first-order valence-electron chi connectivity index (χ1n) is 9.01. The Balaban J connectivity index is 1.64. The fourth-order valence-electron chi connectivity index (χ4n) is 3.63. The Morgan fingerprint density at radius 2 is 1.93 bits per heavy atom. The van der Waals surface area contributed by atoms with Gasteiger partial charge in [0, 0.05) is 21.0 Å². The molecule has 1 amide bonds. The average molecular weight is 495 g/mol. The number of amidine groups is 1. The summed E-state index contributed by atoms with van der Waals surface area (Å²) in [6.45, 7) is 0. The van der Waals surface area contributed by atoms with Crippen molar-refractivity contribution in [1.29, 1.82) is 0 Å². The molecule has 4 rings (SSSR count). The summed E-state index contributed by atoms with van der Waals surface area (Å²) >= 11 is 4.79. The van der Waals surface area contributed by atoms with Crippen molar-refractivity contribution in [3.8, 4) is 5.75 Å². The van der Waals surface area contributed by atoms with Crippen molar-refractivity contribution in [3.63, 3.8) is 0 Å². The van der Waals surface area contributed by atoms with Crippen molar-refractivity contribution in [1.82, 2.24) is 0 Å². The van der Waals surface area contributed by atoms with E-state index in [0.717, 1.165) is 15.7 Å². The van der Waals surface area contributed by atoms with Crippen LogP contribution in [0.3, 0.4) is 0 Å². The summed E-state index contributed by atoms with van der Waals surface area (Å²) in [4.78, 5) is 19.0. The Hall–Kier alpha value is -1.84. The molecular weight excluding hydrogens is 476 g/mol. The van der Waals surface area contributed by atoms with Gasteiger partial charge in [0.1, 0.15) is 5.75 Å². The maximum atomic E-state index is 12.7. The number of rotatable bonds is 4. The number of carbonyl (C=O) groups is 1. The smallest absolute Gasteiger partial charge is 0.252 e. The van der Waals surface area contributed by atoms with Gasteiger partial charge in [0.05, 0.1) is 31.1 Å². The number of nitrogens with zero attached hydrogens (tertiary/aromatic N) is 2. The molecule has 0 N–H and O–H groups in total. The molecule has 29 heavy (non-hydrogen) atoms. The van der Waals surface area contributed by atoms with E-state index in [1.807, 2.05) is 53.4 Å². The molecule has 6 nitrogen and oxygen atoms in total. The molecule has 2 fully saturated rings.